The first-order valence-electron chi connectivity index (χ1n) is 7.51. The van der Waals surface area contributed by atoms with Crippen molar-refractivity contribution in [1.29, 1.82) is 0 Å². The first-order chi connectivity index (χ1) is 9.54. The Labute approximate surface area is 122 Å². The van der Waals surface area contributed by atoms with Crippen LogP contribution in [0.25, 0.3) is 0 Å². The molecular weight excluding hydrogens is 250 g/mol. The van der Waals surface area contributed by atoms with Gasteiger partial charge in [0, 0.05) is 18.5 Å². The molecule has 3 nitrogen and oxygen atoms in total. The lowest BCUT2D eigenvalue weighted by molar-refractivity contribution is -0.143. The van der Waals surface area contributed by atoms with E-state index >= 15 is 0 Å². The van der Waals surface area contributed by atoms with Crippen molar-refractivity contribution in [1.82, 2.24) is 5.32 Å². The van der Waals surface area contributed by atoms with Crippen molar-refractivity contribution >= 4 is 5.97 Å². The van der Waals surface area contributed by atoms with Crippen LogP contribution in [0.4, 0.5) is 0 Å². The van der Waals surface area contributed by atoms with Gasteiger partial charge in [-0.3, -0.25) is 4.79 Å². The van der Waals surface area contributed by atoms with Crippen LogP contribution in [0.2, 0.25) is 0 Å². The van der Waals surface area contributed by atoms with Gasteiger partial charge in [0.2, 0.25) is 0 Å². The molecule has 20 heavy (non-hydrogen) atoms. The van der Waals surface area contributed by atoms with Gasteiger partial charge in [-0.05, 0) is 38.7 Å². The van der Waals surface area contributed by atoms with E-state index in [2.05, 4.69) is 50.4 Å². The molecule has 3 heteroatoms. The lowest BCUT2D eigenvalue weighted by atomic mass is 9.94. The monoisotopic (exact) mass is 277 g/mol. The van der Waals surface area contributed by atoms with Crippen LogP contribution in [0.5, 0.6) is 0 Å². The normalized spacial score (nSPS) is 15.4. The quantitative estimate of drug-likeness (QED) is 0.739. The van der Waals surface area contributed by atoms with Gasteiger partial charge in [0.05, 0.1) is 6.61 Å². The third-order valence-corrected chi connectivity index (χ3v) is 3.71. The number of ether oxygens (including phenoxy) is 1. The van der Waals surface area contributed by atoms with Gasteiger partial charge in [-0.15, -0.1) is 0 Å². The highest BCUT2D eigenvalue weighted by Crippen LogP contribution is 2.19. The van der Waals surface area contributed by atoms with Gasteiger partial charge in [-0.2, -0.15) is 0 Å². The van der Waals surface area contributed by atoms with E-state index in [1.807, 2.05) is 13.0 Å². The minimum Gasteiger partial charge on any atom is -0.466 e. The van der Waals surface area contributed by atoms with Gasteiger partial charge >= 0.3 is 5.97 Å². The van der Waals surface area contributed by atoms with Crippen LogP contribution in [-0.2, 0) is 9.53 Å². The minimum atomic E-state index is -0.107. The Hall–Kier alpha value is -1.35. The maximum Gasteiger partial charge on any atom is 0.305 e. The maximum absolute atomic E-state index is 11.3. The maximum atomic E-state index is 11.3. The Balaban J connectivity index is 2.37. The number of rotatable bonds is 8. The summed E-state index contributed by atoms with van der Waals surface area (Å²) in [5.41, 5.74) is 1.34. The van der Waals surface area contributed by atoms with Crippen LogP contribution in [0, 0.1) is 0 Å². The SMILES string of the molecule is CCOC(=O)CCC(C)NC(C)[C@H](C)c1ccccc1. The fourth-order valence-corrected chi connectivity index (χ4v) is 2.29. The number of hydrogen-bond donors (Lipinski definition) is 1. The smallest absolute Gasteiger partial charge is 0.305 e. The Morgan fingerprint density at radius 2 is 1.85 bits per heavy atom. The summed E-state index contributed by atoms with van der Waals surface area (Å²) in [6.45, 7) is 8.84. The number of benzene rings is 1. The van der Waals surface area contributed by atoms with Gasteiger partial charge < -0.3 is 10.1 Å². The summed E-state index contributed by atoms with van der Waals surface area (Å²) in [5.74, 6) is 0.339. The lowest BCUT2D eigenvalue weighted by Crippen LogP contribution is -2.38. The van der Waals surface area contributed by atoms with E-state index in [1.54, 1.807) is 0 Å². The predicted octanol–water partition coefficient (Wildman–Crippen LogP) is 3.50. The number of carbonyl (C=O) groups excluding carboxylic acids is 1. The zero-order valence-corrected chi connectivity index (χ0v) is 13.1. The second kappa shape index (κ2) is 8.75. The summed E-state index contributed by atoms with van der Waals surface area (Å²) < 4.78 is 4.95. The Morgan fingerprint density at radius 1 is 1.20 bits per heavy atom. The molecule has 0 aromatic heterocycles. The highest BCUT2D eigenvalue weighted by Gasteiger charge is 2.16. The number of nitrogens with one attached hydrogen (secondary N) is 1. The topological polar surface area (TPSA) is 38.3 Å². The molecule has 0 spiro atoms. The Kier molecular flexibility index (Phi) is 7.31. The molecule has 1 rings (SSSR count). The first kappa shape index (κ1) is 16.7. The molecule has 1 aromatic carbocycles. The average molecular weight is 277 g/mol. The molecule has 0 amide bonds. The molecule has 0 heterocycles. The number of esters is 1. The molecule has 0 aliphatic heterocycles. The molecule has 0 fully saturated rings. The van der Waals surface area contributed by atoms with Crippen molar-refractivity contribution in [3.63, 3.8) is 0 Å². The van der Waals surface area contributed by atoms with Crippen LogP contribution in [0.15, 0.2) is 30.3 Å². The fraction of sp³-hybridized carbons (Fsp3) is 0.588. The van der Waals surface area contributed by atoms with Crippen molar-refractivity contribution in [2.45, 2.75) is 58.5 Å². The first-order valence-corrected chi connectivity index (χ1v) is 7.51. The van der Waals surface area contributed by atoms with Gasteiger partial charge in [-0.25, -0.2) is 0 Å². The second-order valence-electron chi connectivity index (χ2n) is 5.40. The molecule has 0 bridgehead atoms. The van der Waals surface area contributed by atoms with E-state index < -0.39 is 0 Å². The molecule has 1 aromatic rings. The standard InChI is InChI=1S/C17H27NO2/c1-5-20-17(19)12-11-13(2)18-15(4)14(3)16-9-7-6-8-10-16/h6-10,13-15,18H,5,11-12H2,1-4H3/t13?,14-,15?/m0/s1. The van der Waals surface area contributed by atoms with Crippen molar-refractivity contribution in [3.05, 3.63) is 35.9 Å². The van der Waals surface area contributed by atoms with E-state index in [4.69, 9.17) is 4.74 Å². The van der Waals surface area contributed by atoms with E-state index in [0.717, 1.165) is 6.42 Å². The van der Waals surface area contributed by atoms with Crippen molar-refractivity contribution in [2.75, 3.05) is 6.61 Å². The van der Waals surface area contributed by atoms with Crippen LogP contribution >= 0.6 is 0 Å². The van der Waals surface area contributed by atoms with Gasteiger partial charge in [0.25, 0.3) is 0 Å². The third-order valence-electron chi connectivity index (χ3n) is 3.71. The van der Waals surface area contributed by atoms with Crippen molar-refractivity contribution in [3.8, 4) is 0 Å². The largest absolute Gasteiger partial charge is 0.466 e. The summed E-state index contributed by atoms with van der Waals surface area (Å²) in [6, 6.07) is 11.2. The molecule has 3 atom stereocenters. The highest BCUT2D eigenvalue weighted by atomic mass is 16.5. The Bertz CT molecular complexity index is 391. The predicted molar refractivity (Wildman–Crippen MR) is 82.8 cm³/mol. The Morgan fingerprint density at radius 3 is 2.45 bits per heavy atom. The zero-order valence-electron chi connectivity index (χ0n) is 13.1. The summed E-state index contributed by atoms with van der Waals surface area (Å²) in [4.78, 5) is 11.3. The van der Waals surface area contributed by atoms with Gasteiger partial charge in [-0.1, -0.05) is 37.3 Å². The van der Waals surface area contributed by atoms with Gasteiger partial charge in [0.15, 0.2) is 0 Å². The highest BCUT2D eigenvalue weighted by molar-refractivity contribution is 5.69. The molecule has 2 unspecified atom stereocenters. The molecule has 1 N–H and O–H groups in total. The van der Waals surface area contributed by atoms with E-state index in [-0.39, 0.29) is 5.97 Å². The second-order valence-corrected chi connectivity index (χ2v) is 5.40. The van der Waals surface area contributed by atoms with E-state index in [1.165, 1.54) is 5.56 Å². The molecule has 0 saturated carbocycles. The van der Waals surface area contributed by atoms with Crippen molar-refractivity contribution < 1.29 is 9.53 Å². The van der Waals surface area contributed by atoms with E-state index in [9.17, 15) is 4.79 Å². The summed E-state index contributed by atoms with van der Waals surface area (Å²) in [7, 11) is 0. The molecule has 112 valence electrons. The van der Waals surface area contributed by atoms with Crippen LogP contribution in [0.3, 0.4) is 0 Å². The average Bonchev–Trinajstić information content (AvgIpc) is 2.45. The lowest BCUT2D eigenvalue weighted by Gasteiger charge is -2.25. The van der Waals surface area contributed by atoms with Crippen molar-refractivity contribution in [2.24, 2.45) is 0 Å². The molecule has 0 saturated heterocycles. The van der Waals surface area contributed by atoms with Crippen LogP contribution in [0.1, 0.15) is 52.0 Å². The van der Waals surface area contributed by atoms with Crippen LogP contribution < -0.4 is 5.32 Å². The zero-order chi connectivity index (χ0) is 15.0. The fourth-order valence-electron chi connectivity index (χ4n) is 2.29. The number of hydrogen-bond acceptors (Lipinski definition) is 3. The molecule has 0 aliphatic carbocycles. The minimum absolute atomic E-state index is 0.107. The molecule has 0 aliphatic rings. The third kappa shape index (κ3) is 5.74. The summed E-state index contributed by atoms with van der Waals surface area (Å²) >= 11 is 0. The summed E-state index contributed by atoms with van der Waals surface area (Å²) in [6.07, 6.45) is 1.29. The number of carbonyl (C=O) groups is 1. The molecule has 0 radical (unpaired) electrons. The van der Waals surface area contributed by atoms with Gasteiger partial charge in [0.1, 0.15) is 0 Å². The molecular formula is C17H27NO2. The van der Waals surface area contributed by atoms with E-state index in [0.29, 0.717) is 31.0 Å². The van der Waals surface area contributed by atoms with Crippen LogP contribution in [-0.4, -0.2) is 24.7 Å². The summed E-state index contributed by atoms with van der Waals surface area (Å²) in [5, 5.41) is 3.57.